The molecule has 18 heavy (non-hydrogen) atoms. The smallest absolute Gasteiger partial charge is 0.228 e. The van der Waals surface area contributed by atoms with Gasteiger partial charge in [0.05, 0.1) is 0 Å². The zero-order chi connectivity index (χ0) is 12.4. The third-order valence-corrected chi connectivity index (χ3v) is 2.90. The lowest BCUT2D eigenvalue weighted by atomic mass is 10.4. The first-order valence-corrected chi connectivity index (χ1v) is 6.23. The van der Waals surface area contributed by atoms with Crippen molar-refractivity contribution in [1.82, 2.24) is 20.1 Å². The molecule has 0 amide bonds. The second-order valence-electron chi connectivity index (χ2n) is 4.22. The quantitative estimate of drug-likeness (QED) is 0.834. The van der Waals surface area contributed by atoms with Crippen LogP contribution in [0, 0.1) is 0 Å². The lowest BCUT2D eigenvalue weighted by Crippen LogP contribution is -2.08. The number of nitrogens with one attached hydrogen (secondary N) is 1. The second kappa shape index (κ2) is 4.89. The molecule has 1 fully saturated rings. The maximum atomic E-state index is 5.97. The summed E-state index contributed by atoms with van der Waals surface area (Å²) in [4.78, 5) is 12.6. The lowest BCUT2D eigenvalue weighted by molar-refractivity contribution is 0.379. The SMILES string of the molecule is Clc1cc(NCCc2ncno2)nc(C2CC2)n1. The van der Waals surface area contributed by atoms with Gasteiger partial charge in [0.15, 0.2) is 6.33 Å². The zero-order valence-electron chi connectivity index (χ0n) is 9.64. The van der Waals surface area contributed by atoms with Crippen LogP contribution in [-0.4, -0.2) is 26.7 Å². The van der Waals surface area contributed by atoms with E-state index < -0.39 is 0 Å². The second-order valence-corrected chi connectivity index (χ2v) is 4.61. The Balaban J connectivity index is 1.61. The number of aromatic nitrogens is 4. The molecule has 0 unspecified atom stereocenters. The van der Waals surface area contributed by atoms with Crippen LogP contribution in [0.25, 0.3) is 0 Å². The van der Waals surface area contributed by atoms with Crippen LogP contribution in [0.4, 0.5) is 5.82 Å². The Kier molecular flexibility index (Phi) is 3.10. The van der Waals surface area contributed by atoms with Crippen molar-refractivity contribution in [2.45, 2.75) is 25.2 Å². The van der Waals surface area contributed by atoms with Gasteiger partial charge in [-0.25, -0.2) is 9.97 Å². The van der Waals surface area contributed by atoms with Gasteiger partial charge < -0.3 is 9.84 Å². The molecule has 0 radical (unpaired) electrons. The van der Waals surface area contributed by atoms with Gasteiger partial charge in [-0.1, -0.05) is 16.8 Å². The fourth-order valence-electron chi connectivity index (χ4n) is 1.65. The predicted octanol–water partition coefficient (Wildman–Crippen LogP) is 2.04. The molecule has 1 aliphatic carbocycles. The van der Waals surface area contributed by atoms with E-state index >= 15 is 0 Å². The van der Waals surface area contributed by atoms with Gasteiger partial charge >= 0.3 is 0 Å². The summed E-state index contributed by atoms with van der Waals surface area (Å²) in [5, 5.41) is 7.21. The molecule has 2 heterocycles. The van der Waals surface area contributed by atoms with Gasteiger partial charge in [-0.3, -0.25) is 0 Å². The van der Waals surface area contributed by atoms with E-state index in [-0.39, 0.29) is 0 Å². The van der Waals surface area contributed by atoms with Crippen LogP contribution >= 0.6 is 11.6 Å². The van der Waals surface area contributed by atoms with Gasteiger partial charge in [-0.2, -0.15) is 4.98 Å². The summed E-state index contributed by atoms with van der Waals surface area (Å²) in [5.41, 5.74) is 0. The van der Waals surface area contributed by atoms with E-state index in [1.165, 1.54) is 6.33 Å². The average Bonchev–Trinajstić information content (AvgIpc) is 3.08. The molecule has 0 saturated heterocycles. The minimum absolute atomic E-state index is 0.479. The lowest BCUT2D eigenvalue weighted by Gasteiger charge is -2.06. The minimum atomic E-state index is 0.479. The molecule has 1 saturated carbocycles. The summed E-state index contributed by atoms with van der Waals surface area (Å²) in [6.07, 6.45) is 4.35. The summed E-state index contributed by atoms with van der Waals surface area (Å²) in [6, 6.07) is 1.72. The van der Waals surface area contributed by atoms with Gasteiger partial charge in [0.25, 0.3) is 0 Å². The van der Waals surface area contributed by atoms with E-state index in [0.29, 0.717) is 29.9 Å². The molecule has 94 valence electrons. The molecular weight excluding hydrogens is 254 g/mol. The molecular formula is C11H12ClN5O. The van der Waals surface area contributed by atoms with Crippen LogP contribution in [0.15, 0.2) is 16.9 Å². The normalized spacial score (nSPS) is 14.7. The fraction of sp³-hybridized carbons (Fsp3) is 0.455. The van der Waals surface area contributed by atoms with E-state index in [0.717, 1.165) is 24.5 Å². The molecule has 1 aliphatic rings. The first-order chi connectivity index (χ1) is 8.81. The van der Waals surface area contributed by atoms with Crippen molar-refractivity contribution in [3.8, 4) is 0 Å². The maximum Gasteiger partial charge on any atom is 0.228 e. The zero-order valence-corrected chi connectivity index (χ0v) is 10.4. The predicted molar refractivity (Wildman–Crippen MR) is 65.5 cm³/mol. The Hall–Kier alpha value is -1.69. The summed E-state index contributed by atoms with van der Waals surface area (Å²) in [5.74, 6) is 2.67. The van der Waals surface area contributed by atoms with Crippen molar-refractivity contribution < 1.29 is 4.52 Å². The highest BCUT2D eigenvalue weighted by atomic mass is 35.5. The van der Waals surface area contributed by atoms with Crippen LogP contribution in [-0.2, 0) is 6.42 Å². The summed E-state index contributed by atoms with van der Waals surface area (Å²) >= 11 is 5.97. The number of nitrogens with zero attached hydrogens (tertiary/aromatic N) is 4. The third-order valence-electron chi connectivity index (χ3n) is 2.71. The Labute approximate surface area is 109 Å². The van der Waals surface area contributed by atoms with Gasteiger partial charge in [0.2, 0.25) is 5.89 Å². The van der Waals surface area contributed by atoms with Crippen molar-refractivity contribution in [2.24, 2.45) is 0 Å². The standard InChI is InChI=1S/C11H12ClN5O/c12-8-5-9(17-11(16-8)7-1-2-7)13-4-3-10-14-6-15-18-10/h5-7H,1-4H2,(H,13,16,17). The first kappa shape index (κ1) is 11.4. The number of rotatable bonds is 5. The molecule has 0 atom stereocenters. The molecule has 0 bridgehead atoms. The van der Waals surface area contributed by atoms with E-state index in [4.69, 9.17) is 16.1 Å². The molecule has 0 aliphatic heterocycles. The van der Waals surface area contributed by atoms with Crippen molar-refractivity contribution in [1.29, 1.82) is 0 Å². The molecule has 2 aromatic heterocycles. The highest BCUT2D eigenvalue weighted by Gasteiger charge is 2.27. The number of hydrogen-bond donors (Lipinski definition) is 1. The molecule has 2 aromatic rings. The number of halogens is 1. The highest BCUT2D eigenvalue weighted by Crippen LogP contribution is 2.38. The van der Waals surface area contributed by atoms with Gasteiger partial charge in [0.1, 0.15) is 16.8 Å². The van der Waals surface area contributed by atoms with E-state index in [1.807, 2.05) is 0 Å². The van der Waals surface area contributed by atoms with Crippen molar-refractivity contribution >= 4 is 17.4 Å². The number of hydrogen-bond acceptors (Lipinski definition) is 6. The topological polar surface area (TPSA) is 76.7 Å². The van der Waals surface area contributed by atoms with E-state index in [1.54, 1.807) is 6.07 Å². The van der Waals surface area contributed by atoms with Crippen LogP contribution in [0.2, 0.25) is 5.15 Å². The van der Waals surface area contributed by atoms with Crippen LogP contribution in [0.3, 0.4) is 0 Å². The Morgan fingerprint density at radius 1 is 1.39 bits per heavy atom. The van der Waals surface area contributed by atoms with Crippen molar-refractivity contribution in [3.05, 3.63) is 29.3 Å². The fourth-order valence-corrected chi connectivity index (χ4v) is 1.84. The molecule has 3 rings (SSSR count). The van der Waals surface area contributed by atoms with E-state index in [9.17, 15) is 0 Å². The molecule has 7 heteroatoms. The maximum absolute atomic E-state index is 5.97. The third kappa shape index (κ3) is 2.76. The summed E-state index contributed by atoms with van der Waals surface area (Å²) in [6.45, 7) is 0.666. The molecule has 6 nitrogen and oxygen atoms in total. The Morgan fingerprint density at radius 3 is 3.00 bits per heavy atom. The van der Waals surface area contributed by atoms with Gasteiger partial charge in [-0.15, -0.1) is 0 Å². The van der Waals surface area contributed by atoms with Crippen LogP contribution in [0.1, 0.15) is 30.5 Å². The monoisotopic (exact) mass is 265 g/mol. The average molecular weight is 266 g/mol. The van der Waals surface area contributed by atoms with Crippen LogP contribution < -0.4 is 5.32 Å². The van der Waals surface area contributed by atoms with Gasteiger partial charge in [0, 0.05) is 24.9 Å². The minimum Gasteiger partial charge on any atom is -0.369 e. The summed E-state index contributed by atoms with van der Waals surface area (Å²) < 4.78 is 4.91. The molecule has 0 spiro atoms. The Morgan fingerprint density at radius 2 is 2.28 bits per heavy atom. The highest BCUT2D eigenvalue weighted by molar-refractivity contribution is 6.29. The first-order valence-electron chi connectivity index (χ1n) is 5.85. The Bertz CT molecular complexity index is 526. The van der Waals surface area contributed by atoms with Crippen molar-refractivity contribution in [2.75, 3.05) is 11.9 Å². The summed E-state index contributed by atoms with van der Waals surface area (Å²) in [7, 11) is 0. The van der Waals surface area contributed by atoms with Crippen molar-refractivity contribution in [3.63, 3.8) is 0 Å². The number of anilines is 1. The van der Waals surface area contributed by atoms with Gasteiger partial charge in [-0.05, 0) is 12.8 Å². The molecule has 1 N–H and O–H groups in total. The molecule has 0 aromatic carbocycles. The largest absolute Gasteiger partial charge is 0.369 e. The van der Waals surface area contributed by atoms with E-state index in [2.05, 4.69) is 25.4 Å². The van der Waals surface area contributed by atoms with Crippen LogP contribution in [0.5, 0.6) is 0 Å².